The van der Waals surface area contributed by atoms with Gasteiger partial charge in [-0.25, -0.2) is 9.37 Å². The Labute approximate surface area is 184 Å². The van der Waals surface area contributed by atoms with Gasteiger partial charge < -0.3 is 14.8 Å². The average molecular weight is 433 g/mol. The highest BCUT2D eigenvalue weighted by Gasteiger charge is 2.21. The second kappa shape index (κ2) is 8.11. The number of fused-ring (bicyclic) bond motifs is 3. The highest BCUT2D eigenvalue weighted by molar-refractivity contribution is 6.04. The number of rotatable bonds is 4. The Kier molecular flexibility index (Phi) is 5.13. The van der Waals surface area contributed by atoms with E-state index in [1.807, 2.05) is 30.0 Å². The van der Waals surface area contributed by atoms with Crippen molar-refractivity contribution in [2.24, 2.45) is 0 Å². The van der Waals surface area contributed by atoms with E-state index in [9.17, 15) is 14.0 Å². The highest BCUT2D eigenvalue weighted by atomic mass is 19.1. The van der Waals surface area contributed by atoms with E-state index in [4.69, 9.17) is 0 Å². The number of hydrogen-bond acceptors (Lipinski definition) is 4. The minimum atomic E-state index is -0.256. The fraction of sp³-hybridized carbons (Fsp3) is 0.292. The Morgan fingerprint density at radius 3 is 2.59 bits per heavy atom. The molecule has 3 heterocycles. The number of aromatic nitrogens is 3. The van der Waals surface area contributed by atoms with E-state index in [1.54, 1.807) is 12.1 Å². The number of anilines is 1. The van der Waals surface area contributed by atoms with Gasteiger partial charge in [-0.15, -0.1) is 0 Å². The number of halogens is 1. The number of H-pyrrole nitrogens is 1. The zero-order chi connectivity index (χ0) is 22.2. The van der Waals surface area contributed by atoms with Crippen molar-refractivity contribution in [1.82, 2.24) is 19.4 Å². The molecule has 2 aromatic heterocycles. The van der Waals surface area contributed by atoms with Gasteiger partial charge in [-0.3, -0.25) is 14.2 Å². The molecule has 4 aromatic rings. The van der Waals surface area contributed by atoms with Crippen molar-refractivity contribution in [3.63, 3.8) is 0 Å². The third-order valence-electron chi connectivity index (χ3n) is 6.12. The monoisotopic (exact) mass is 433 g/mol. The van der Waals surface area contributed by atoms with Crippen LogP contribution in [0.25, 0.3) is 21.9 Å². The first-order valence-electron chi connectivity index (χ1n) is 10.8. The van der Waals surface area contributed by atoms with Crippen LogP contribution < -0.4 is 10.5 Å². The van der Waals surface area contributed by atoms with Crippen molar-refractivity contribution in [3.05, 3.63) is 70.5 Å². The van der Waals surface area contributed by atoms with Crippen LogP contribution in [0, 0.1) is 12.7 Å². The van der Waals surface area contributed by atoms with Gasteiger partial charge >= 0.3 is 0 Å². The molecule has 1 aliphatic rings. The second-order valence-electron chi connectivity index (χ2n) is 8.24. The summed E-state index contributed by atoms with van der Waals surface area (Å²) in [5.41, 5.74) is 3.90. The number of aryl methyl sites for hydroxylation is 2. The number of piperazine rings is 1. The van der Waals surface area contributed by atoms with Crippen LogP contribution in [0.2, 0.25) is 0 Å². The molecule has 5 rings (SSSR count). The van der Waals surface area contributed by atoms with Gasteiger partial charge in [-0.2, -0.15) is 0 Å². The summed E-state index contributed by atoms with van der Waals surface area (Å²) >= 11 is 0. The Morgan fingerprint density at radius 2 is 1.84 bits per heavy atom. The Hall–Kier alpha value is -3.68. The molecule has 0 atom stereocenters. The zero-order valence-electron chi connectivity index (χ0n) is 17.8. The van der Waals surface area contributed by atoms with Crippen LogP contribution >= 0.6 is 0 Å². The first-order chi connectivity index (χ1) is 15.5. The minimum absolute atomic E-state index is 0.0167. The number of hydrogen-bond donors (Lipinski definition) is 1. The van der Waals surface area contributed by atoms with Crippen molar-refractivity contribution in [3.8, 4) is 0 Å². The number of benzene rings is 2. The van der Waals surface area contributed by atoms with Crippen LogP contribution in [0.4, 0.5) is 10.1 Å². The van der Waals surface area contributed by atoms with E-state index in [0.717, 1.165) is 22.2 Å². The molecule has 1 aliphatic heterocycles. The van der Waals surface area contributed by atoms with Crippen molar-refractivity contribution < 1.29 is 9.18 Å². The summed E-state index contributed by atoms with van der Waals surface area (Å²) in [6, 6.07) is 12.4. The number of carbonyl (C=O) groups excluding carboxylic acids is 1. The third kappa shape index (κ3) is 3.72. The second-order valence-corrected chi connectivity index (χ2v) is 8.24. The van der Waals surface area contributed by atoms with Crippen LogP contribution in [0.5, 0.6) is 0 Å². The minimum Gasteiger partial charge on any atom is -0.368 e. The Bertz CT molecular complexity index is 1350. The smallest absolute Gasteiger partial charge is 0.277 e. The molecule has 32 heavy (non-hydrogen) atoms. The average Bonchev–Trinajstić information content (AvgIpc) is 3.18. The topological polar surface area (TPSA) is 74.2 Å². The number of carbonyl (C=O) groups is 1. The van der Waals surface area contributed by atoms with Crippen LogP contribution in [-0.2, 0) is 11.3 Å². The van der Waals surface area contributed by atoms with Crippen molar-refractivity contribution in [2.45, 2.75) is 19.9 Å². The molecule has 0 spiro atoms. The zero-order valence-corrected chi connectivity index (χ0v) is 17.8. The maximum absolute atomic E-state index is 13.1. The lowest BCUT2D eigenvalue weighted by Gasteiger charge is -2.36. The van der Waals surface area contributed by atoms with Crippen molar-refractivity contribution >= 4 is 33.5 Å². The molecule has 8 heteroatoms. The number of nitrogens with zero attached hydrogens (tertiary/aromatic N) is 4. The Balaban J connectivity index is 1.24. The van der Waals surface area contributed by atoms with Gasteiger partial charge in [-0.05, 0) is 43.3 Å². The molecular formula is C24H24FN5O2. The van der Waals surface area contributed by atoms with E-state index < -0.39 is 0 Å². The molecule has 0 unspecified atom stereocenters. The summed E-state index contributed by atoms with van der Waals surface area (Å²) in [6.45, 7) is 4.88. The largest absolute Gasteiger partial charge is 0.368 e. The summed E-state index contributed by atoms with van der Waals surface area (Å²) in [6.07, 6.45) is 1.77. The molecule has 0 saturated carbocycles. The molecule has 164 valence electrons. The van der Waals surface area contributed by atoms with Gasteiger partial charge in [0.1, 0.15) is 16.9 Å². The van der Waals surface area contributed by atoms with E-state index in [2.05, 4.69) is 14.9 Å². The first-order valence-corrected chi connectivity index (χ1v) is 10.8. The molecule has 1 saturated heterocycles. The Morgan fingerprint density at radius 1 is 1.09 bits per heavy atom. The van der Waals surface area contributed by atoms with Crippen LogP contribution in [0.15, 0.2) is 53.6 Å². The van der Waals surface area contributed by atoms with Gasteiger partial charge in [0.05, 0.1) is 6.33 Å². The number of aromatic amines is 1. The van der Waals surface area contributed by atoms with E-state index in [1.165, 1.54) is 23.0 Å². The van der Waals surface area contributed by atoms with Gasteiger partial charge in [-0.1, -0.05) is 11.6 Å². The maximum atomic E-state index is 13.1. The van der Waals surface area contributed by atoms with E-state index >= 15 is 0 Å². The molecular weight excluding hydrogens is 409 g/mol. The predicted octanol–water partition coefficient (Wildman–Crippen LogP) is 3.06. The number of nitrogens with one attached hydrogen (secondary N) is 1. The van der Waals surface area contributed by atoms with Gasteiger partial charge in [0.25, 0.3) is 5.56 Å². The predicted molar refractivity (Wildman–Crippen MR) is 122 cm³/mol. The summed E-state index contributed by atoms with van der Waals surface area (Å²) in [5, 5.41) is 0.930. The normalized spacial score (nSPS) is 14.4. The summed E-state index contributed by atoms with van der Waals surface area (Å²) in [4.78, 5) is 37.3. The van der Waals surface area contributed by atoms with E-state index in [-0.39, 0.29) is 30.2 Å². The van der Waals surface area contributed by atoms with Crippen LogP contribution in [-0.4, -0.2) is 51.5 Å². The van der Waals surface area contributed by atoms with Gasteiger partial charge in [0.15, 0.2) is 0 Å². The fourth-order valence-electron chi connectivity index (χ4n) is 4.30. The molecule has 7 nitrogen and oxygen atoms in total. The van der Waals surface area contributed by atoms with Gasteiger partial charge in [0, 0.05) is 55.7 Å². The highest BCUT2D eigenvalue weighted by Crippen LogP contribution is 2.22. The summed E-state index contributed by atoms with van der Waals surface area (Å²) in [7, 11) is 0. The molecule has 1 amide bonds. The molecule has 2 aromatic carbocycles. The lowest BCUT2D eigenvalue weighted by Crippen LogP contribution is -2.49. The van der Waals surface area contributed by atoms with Crippen molar-refractivity contribution in [2.75, 3.05) is 31.1 Å². The molecule has 0 bridgehead atoms. The summed E-state index contributed by atoms with van der Waals surface area (Å²) in [5.74, 6) is -0.240. The molecule has 1 fully saturated rings. The van der Waals surface area contributed by atoms with Gasteiger partial charge in [0.2, 0.25) is 5.91 Å². The molecule has 0 radical (unpaired) electrons. The molecule has 0 aliphatic carbocycles. The quantitative estimate of drug-likeness (QED) is 0.537. The third-order valence-corrected chi connectivity index (χ3v) is 6.12. The fourth-order valence-corrected chi connectivity index (χ4v) is 4.30. The molecule has 1 N–H and O–H groups in total. The van der Waals surface area contributed by atoms with E-state index in [0.29, 0.717) is 37.2 Å². The summed E-state index contributed by atoms with van der Waals surface area (Å²) < 4.78 is 14.6. The van der Waals surface area contributed by atoms with Crippen LogP contribution in [0.1, 0.15) is 12.0 Å². The van der Waals surface area contributed by atoms with Crippen molar-refractivity contribution in [1.29, 1.82) is 0 Å². The SMILES string of the molecule is Cc1ccc2[nH]c3c(=O)n(CCC(=O)N4CCN(c5ccc(F)cc5)CC4)cnc3c2c1. The standard InChI is InChI=1S/C24H24FN5O2/c1-16-2-7-20-19(14-16)22-23(27-20)24(32)30(15-26-22)9-8-21(31)29-12-10-28(11-13-29)18-5-3-17(25)4-6-18/h2-7,14-15,27H,8-13H2,1H3. The lowest BCUT2D eigenvalue weighted by molar-refractivity contribution is -0.131. The first kappa shape index (κ1) is 20.2. The number of amides is 1. The van der Waals surface area contributed by atoms with Crippen LogP contribution in [0.3, 0.4) is 0 Å². The lowest BCUT2D eigenvalue weighted by atomic mass is 10.2. The maximum Gasteiger partial charge on any atom is 0.277 e.